The van der Waals surface area contributed by atoms with Crippen molar-refractivity contribution in [3.05, 3.63) is 23.8 Å². The molecule has 2 rings (SSSR count). The van der Waals surface area contributed by atoms with Crippen molar-refractivity contribution < 1.29 is 9.90 Å². The first-order valence-electron chi connectivity index (χ1n) is 6.41. The number of nitrogens with zero attached hydrogens (tertiary/aromatic N) is 2. The number of rotatable bonds is 3. The van der Waals surface area contributed by atoms with Crippen LogP contribution < -0.4 is 5.32 Å². The predicted octanol–water partition coefficient (Wildman–Crippen LogP) is 1.07. The zero-order chi connectivity index (χ0) is 13.0. The average Bonchev–Trinajstić information content (AvgIpc) is 2.39. The van der Waals surface area contributed by atoms with E-state index in [0.29, 0.717) is 5.69 Å². The minimum absolute atomic E-state index is 0.0616. The van der Waals surface area contributed by atoms with Crippen LogP contribution in [-0.4, -0.2) is 33.6 Å². The summed E-state index contributed by atoms with van der Waals surface area (Å²) < 4.78 is 0. The molecule has 1 fully saturated rings. The Bertz CT molecular complexity index is 422. The topological polar surface area (TPSA) is 75.1 Å². The Labute approximate surface area is 107 Å². The largest absolute Gasteiger partial charge is 0.396 e. The molecule has 1 aromatic rings. The maximum Gasteiger partial charge on any atom is 0.270 e. The number of carbonyl (C=O) groups is 1. The van der Waals surface area contributed by atoms with Crippen LogP contribution in [0.25, 0.3) is 0 Å². The fraction of sp³-hybridized carbons (Fsp3) is 0.615. The summed E-state index contributed by atoms with van der Waals surface area (Å²) in [6.07, 6.45) is 5.54. The van der Waals surface area contributed by atoms with E-state index in [0.717, 1.165) is 31.4 Å². The van der Waals surface area contributed by atoms with E-state index in [1.54, 1.807) is 6.07 Å². The summed E-state index contributed by atoms with van der Waals surface area (Å²) in [5.41, 5.74) is 1.17. The zero-order valence-corrected chi connectivity index (χ0v) is 10.6. The Kier molecular flexibility index (Phi) is 4.25. The van der Waals surface area contributed by atoms with Crippen LogP contribution in [0.3, 0.4) is 0 Å². The lowest BCUT2D eigenvalue weighted by atomic mass is 9.85. The van der Waals surface area contributed by atoms with Crippen molar-refractivity contribution in [1.29, 1.82) is 0 Å². The van der Waals surface area contributed by atoms with E-state index in [1.807, 2.05) is 6.92 Å². The number of aryl methyl sites for hydroxylation is 1. The highest BCUT2D eigenvalue weighted by atomic mass is 16.3. The summed E-state index contributed by atoms with van der Waals surface area (Å²) in [5.74, 6) is -0.00326. The second kappa shape index (κ2) is 5.91. The molecule has 5 heteroatoms. The Morgan fingerprint density at radius 2 is 2.22 bits per heavy atom. The first kappa shape index (κ1) is 13.0. The molecule has 1 amide bonds. The quantitative estimate of drug-likeness (QED) is 0.840. The van der Waals surface area contributed by atoms with Crippen LogP contribution in [0.2, 0.25) is 0 Å². The summed E-state index contributed by atoms with van der Waals surface area (Å²) in [6, 6.07) is 1.73. The smallest absolute Gasteiger partial charge is 0.270 e. The van der Waals surface area contributed by atoms with Crippen molar-refractivity contribution >= 4 is 5.91 Å². The third-order valence-electron chi connectivity index (χ3n) is 3.50. The lowest BCUT2D eigenvalue weighted by molar-refractivity contribution is 0.0867. The maximum atomic E-state index is 12.0. The van der Waals surface area contributed by atoms with Crippen LogP contribution in [0.1, 0.15) is 41.9 Å². The molecule has 18 heavy (non-hydrogen) atoms. The molecule has 0 radical (unpaired) electrons. The minimum Gasteiger partial charge on any atom is -0.396 e. The number of nitrogens with one attached hydrogen (secondary N) is 1. The number of hydrogen-bond donors (Lipinski definition) is 2. The average molecular weight is 249 g/mol. The molecule has 0 bridgehead atoms. The second-order valence-electron chi connectivity index (χ2n) is 4.85. The van der Waals surface area contributed by atoms with Crippen molar-refractivity contribution in [1.82, 2.24) is 15.3 Å². The van der Waals surface area contributed by atoms with Crippen LogP contribution in [-0.2, 0) is 0 Å². The third kappa shape index (κ3) is 3.04. The number of aromatic nitrogens is 2. The first-order chi connectivity index (χ1) is 8.70. The Balaban J connectivity index is 2.02. The third-order valence-corrected chi connectivity index (χ3v) is 3.50. The van der Waals surface area contributed by atoms with Gasteiger partial charge >= 0.3 is 0 Å². The van der Waals surface area contributed by atoms with Crippen LogP contribution >= 0.6 is 0 Å². The predicted molar refractivity (Wildman–Crippen MR) is 67.1 cm³/mol. The number of amides is 1. The highest BCUT2D eigenvalue weighted by molar-refractivity contribution is 5.92. The highest BCUT2D eigenvalue weighted by Crippen LogP contribution is 2.24. The SMILES string of the molecule is Cc1cc(C(=O)NC2CCCCC2CO)ncn1. The Hall–Kier alpha value is -1.49. The Morgan fingerprint density at radius 1 is 1.44 bits per heavy atom. The fourth-order valence-corrected chi connectivity index (χ4v) is 2.44. The number of aliphatic hydroxyl groups is 1. The van der Waals surface area contributed by atoms with Gasteiger partial charge in [-0.1, -0.05) is 12.8 Å². The molecule has 1 aromatic heterocycles. The summed E-state index contributed by atoms with van der Waals surface area (Å²) in [5, 5.41) is 12.3. The van der Waals surface area contributed by atoms with E-state index in [2.05, 4.69) is 15.3 Å². The van der Waals surface area contributed by atoms with Gasteiger partial charge in [0.1, 0.15) is 12.0 Å². The molecule has 1 aliphatic rings. The summed E-state index contributed by atoms with van der Waals surface area (Å²) >= 11 is 0. The van der Waals surface area contributed by atoms with E-state index in [1.165, 1.54) is 6.33 Å². The standard InChI is InChI=1S/C13H19N3O2/c1-9-6-12(15-8-14-9)13(18)16-11-5-3-2-4-10(11)7-17/h6,8,10-11,17H,2-5,7H2,1H3,(H,16,18). The normalized spacial score (nSPS) is 23.7. The molecule has 0 saturated heterocycles. The first-order valence-corrected chi connectivity index (χ1v) is 6.41. The van der Waals surface area contributed by atoms with Crippen molar-refractivity contribution in [3.63, 3.8) is 0 Å². The summed E-state index contributed by atoms with van der Waals surface area (Å²) in [7, 11) is 0. The molecule has 1 heterocycles. The van der Waals surface area contributed by atoms with Crippen molar-refractivity contribution in [3.8, 4) is 0 Å². The van der Waals surface area contributed by atoms with Gasteiger partial charge in [-0.15, -0.1) is 0 Å². The van der Waals surface area contributed by atoms with Crippen LogP contribution in [0.15, 0.2) is 12.4 Å². The monoisotopic (exact) mass is 249 g/mol. The van der Waals surface area contributed by atoms with Gasteiger partial charge in [-0.2, -0.15) is 0 Å². The van der Waals surface area contributed by atoms with E-state index >= 15 is 0 Å². The highest BCUT2D eigenvalue weighted by Gasteiger charge is 2.26. The number of aliphatic hydroxyl groups excluding tert-OH is 1. The van der Waals surface area contributed by atoms with Gasteiger partial charge in [-0.05, 0) is 25.8 Å². The van der Waals surface area contributed by atoms with Gasteiger partial charge in [0.2, 0.25) is 0 Å². The molecule has 0 aromatic carbocycles. The lowest BCUT2D eigenvalue weighted by Gasteiger charge is -2.30. The van der Waals surface area contributed by atoms with Crippen LogP contribution in [0.5, 0.6) is 0 Å². The van der Waals surface area contributed by atoms with E-state index in [-0.39, 0.29) is 24.5 Å². The van der Waals surface area contributed by atoms with Crippen LogP contribution in [0, 0.1) is 12.8 Å². The van der Waals surface area contributed by atoms with E-state index < -0.39 is 0 Å². The number of carbonyl (C=O) groups excluding carboxylic acids is 1. The van der Waals surface area contributed by atoms with Gasteiger partial charge in [0.15, 0.2) is 0 Å². The van der Waals surface area contributed by atoms with Gasteiger partial charge in [0, 0.05) is 24.3 Å². The Morgan fingerprint density at radius 3 is 2.94 bits per heavy atom. The molecule has 2 N–H and O–H groups in total. The summed E-state index contributed by atoms with van der Waals surface area (Å²) in [6.45, 7) is 1.96. The fourth-order valence-electron chi connectivity index (χ4n) is 2.44. The molecule has 1 aliphatic carbocycles. The molecule has 5 nitrogen and oxygen atoms in total. The van der Waals surface area contributed by atoms with Gasteiger partial charge in [0.25, 0.3) is 5.91 Å². The molecule has 2 unspecified atom stereocenters. The molecule has 1 saturated carbocycles. The van der Waals surface area contributed by atoms with Crippen molar-refractivity contribution in [2.24, 2.45) is 5.92 Å². The number of hydrogen-bond acceptors (Lipinski definition) is 4. The molecule has 0 spiro atoms. The van der Waals surface area contributed by atoms with E-state index in [4.69, 9.17) is 0 Å². The lowest BCUT2D eigenvalue weighted by Crippen LogP contribution is -2.43. The van der Waals surface area contributed by atoms with Gasteiger partial charge in [-0.3, -0.25) is 4.79 Å². The molecule has 0 aliphatic heterocycles. The van der Waals surface area contributed by atoms with Gasteiger partial charge in [0.05, 0.1) is 0 Å². The summed E-state index contributed by atoms with van der Waals surface area (Å²) in [4.78, 5) is 20.0. The minimum atomic E-state index is -0.175. The molecule has 2 atom stereocenters. The van der Waals surface area contributed by atoms with Crippen molar-refractivity contribution in [2.75, 3.05) is 6.61 Å². The molecular formula is C13H19N3O2. The second-order valence-corrected chi connectivity index (χ2v) is 4.85. The van der Waals surface area contributed by atoms with Crippen molar-refractivity contribution in [2.45, 2.75) is 38.6 Å². The molecular weight excluding hydrogens is 230 g/mol. The van der Waals surface area contributed by atoms with Gasteiger partial charge in [-0.25, -0.2) is 9.97 Å². The van der Waals surface area contributed by atoms with Gasteiger partial charge < -0.3 is 10.4 Å². The zero-order valence-electron chi connectivity index (χ0n) is 10.6. The maximum absolute atomic E-state index is 12.0. The van der Waals surface area contributed by atoms with E-state index in [9.17, 15) is 9.90 Å². The van der Waals surface area contributed by atoms with Crippen LogP contribution in [0.4, 0.5) is 0 Å². The molecule has 98 valence electrons.